The van der Waals surface area contributed by atoms with E-state index in [9.17, 15) is 4.79 Å². The maximum absolute atomic E-state index is 12.3. The fraction of sp³-hybridized carbons (Fsp3) is 0.500. The van der Waals surface area contributed by atoms with Gasteiger partial charge in [-0.3, -0.25) is 4.79 Å². The number of halogens is 1. The molecule has 1 aliphatic rings. The monoisotopic (exact) mass is 310 g/mol. The number of hydrogen-bond donors (Lipinski definition) is 2. The highest BCUT2D eigenvalue weighted by molar-refractivity contribution is 9.10. The molecule has 0 bridgehead atoms. The largest absolute Gasteiger partial charge is 0.324 e. The van der Waals surface area contributed by atoms with E-state index < -0.39 is 5.54 Å². The van der Waals surface area contributed by atoms with Crippen molar-refractivity contribution in [3.63, 3.8) is 0 Å². The molecule has 0 radical (unpaired) electrons. The summed E-state index contributed by atoms with van der Waals surface area (Å²) in [5.41, 5.74) is 6.34. The van der Waals surface area contributed by atoms with Crippen LogP contribution >= 0.6 is 15.9 Å². The molecule has 3 nitrogen and oxygen atoms in total. The number of amides is 1. The first-order chi connectivity index (χ1) is 8.49. The SMILES string of the molecule is CC1CCCC(N)(C(=O)Nc2ccc(Br)cc2)C1. The van der Waals surface area contributed by atoms with Gasteiger partial charge in [-0.2, -0.15) is 0 Å². The van der Waals surface area contributed by atoms with E-state index in [-0.39, 0.29) is 5.91 Å². The summed E-state index contributed by atoms with van der Waals surface area (Å²) in [4.78, 5) is 12.3. The molecule has 1 aromatic rings. The third-order valence-electron chi connectivity index (χ3n) is 3.59. The van der Waals surface area contributed by atoms with Crippen LogP contribution in [0.1, 0.15) is 32.6 Å². The maximum atomic E-state index is 12.3. The Morgan fingerprint density at radius 1 is 1.44 bits per heavy atom. The van der Waals surface area contributed by atoms with Gasteiger partial charge in [-0.25, -0.2) is 0 Å². The van der Waals surface area contributed by atoms with Gasteiger partial charge >= 0.3 is 0 Å². The molecule has 0 spiro atoms. The minimum atomic E-state index is -0.704. The van der Waals surface area contributed by atoms with Crippen molar-refractivity contribution in [1.82, 2.24) is 0 Å². The molecular formula is C14H19BrN2O. The van der Waals surface area contributed by atoms with Gasteiger partial charge in [-0.1, -0.05) is 35.7 Å². The van der Waals surface area contributed by atoms with Crippen LogP contribution in [0.25, 0.3) is 0 Å². The van der Waals surface area contributed by atoms with E-state index in [0.29, 0.717) is 5.92 Å². The zero-order valence-corrected chi connectivity index (χ0v) is 12.2. The first kappa shape index (κ1) is 13.6. The van der Waals surface area contributed by atoms with Crippen molar-refractivity contribution in [3.05, 3.63) is 28.7 Å². The van der Waals surface area contributed by atoms with E-state index in [1.165, 1.54) is 6.42 Å². The first-order valence-corrected chi connectivity index (χ1v) is 7.15. The molecule has 1 aromatic carbocycles. The summed E-state index contributed by atoms with van der Waals surface area (Å²) >= 11 is 3.37. The molecule has 2 unspecified atom stereocenters. The normalized spacial score (nSPS) is 27.8. The molecule has 4 heteroatoms. The van der Waals surface area contributed by atoms with Gasteiger partial charge in [0.05, 0.1) is 5.54 Å². The summed E-state index contributed by atoms with van der Waals surface area (Å²) in [7, 11) is 0. The quantitative estimate of drug-likeness (QED) is 0.880. The molecule has 1 fully saturated rings. The fourth-order valence-corrected chi connectivity index (χ4v) is 2.85. The van der Waals surface area contributed by atoms with Crippen molar-refractivity contribution in [1.29, 1.82) is 0 Å². The third kappa shape index (κ3) is 3.12. The van der Waals surface area contributed by atoms with Crippen LogP contribution in [0.5, 0.6) is 0 Å². The van der Waals surface area contributed by atoms with E-state index in [0.717, 1.165) is 29.4 Å². The number of hydrogen-bond acceptors (Lipinski definition) is 2. The molecule has 0 aliphatic heterocycles. The molecule has 0 saturated heterocycles. The van der Waals surface area contributed by atoms with E-state index >= 15 is 0 Å². The van der Waals surface area contributed by atoms with E-state index in [2.05, 4.69) is 28.2 Å². The van der Waals surface area contributed by atoms with Gasteiger partial charge in [0, 0.05) is 10.2 Å². The van der Waals surface area contributed by atoms with Crippen LogP contribution in [-0.2, 0) is 4.79 Å². The molecule has 98 valence electrons. The number of benzene rings is 1. The molecule has 2 atom stereocenters. The van der Waals surface area contributed by atoms with Crippen molar-refractivity contribution in [3.8, 4) is 0 Å². The molecule has 3 N–H and O–H groups in total. The predicted molar refractivity (Wildman–Crippen MR) is 77.3 cm³/mol. The van der Waals surface area contributed by atoms with Gasteiger partial charge < -0.3 is 11.1 Å². The van der Waals surface area contributed by atoms with Gasteiger partial charge in [0.2, 0.25) is 5.91 Å². The minimum Gasteiger partial charge on any atom is -0.324 e. The number of anilines is 1. The predicted octanol–water partition coefficient (Wildman–Crippen LogP) is 3.30. The number of nitrogens with one attached hydrogen (secondary N) is 1. The second kappa shape index (κ2) is 5.41. The molecule has 18 heavy (non-hydrogen) atoms. The van der Waals surface area contributed by atoms with Crippen LogP contribution in [-0.4, -0.2) is 11.4 Å². The highest BCUT2D eigenvalue weighted by Gasteiger charge is 2.37. The highest BCUT2D eigenvalue weighted by atomic mass is 79.9. The van der Waals surface area contributed by atoms with Crippen molar-refractivity contribution >= 4 is 27.5 Å². The van der Waals surface area contributed by atoms with Crippen LogP contribution in [0.15, 0.2) is 28.7 Å². The van der Waals surface area contributed by atoms with Crippen molar-refractivity contribution in [2.75, 3.05) is 5.32 Å². The molecular weight excluding hydrogens is 292 g/mol. The van der Waals surface area contributed by atoms with Gasteiger partial charge in [-0.05, 0) is 43.0 Å². The second-order valence-electron chi connectivity index (χ2n) is 5.32. The average molecular weight is 311 g/mol. The molecule has 0 heterocycles. The Bertz CT molecular complexity index is 432. The third-order valence-corrected chi connectivity index (χ3v) is 4.12. The smallest absolute Gasteiger partial charge is 0.244 e. The van der Waals surface area contributed by atoms with E-state index in [1.807, 2.05) is 24.3 Å². The second-order valence-corrected chi connectivity index (χ2v) is 6.23. The zero-order valence-electron chi connectivity index (χ0n) is 10.6. The summed E-state index contributed by atoms with van der Waals surface area (Å²) < 4.78 is 0.995. The van der Waals surface area contributed by atoms with Crippen molar-refractivity contribution in [2.45, 2.75) is 38.1 Å². The summed E-state index contributed by atoms with van der Waals surface area (Å²) in [5, 5.41) is 2.92. The van der Waals surface area contributed by atoms with Gasteiger partial charge in [0.1, 0.15) is 0 Å². The number of rotatable bonds is 2. The lowest BCUT2D eigenvalue weighted by Gasteiger charge is -2.35. The Morgan fingerprint density at radius 3 is 2.72 bits per heavy atom. The van der Waals surface area contributed by atoms with Crippen LogP contribution in [0.4, 0.5) is 5.69 Å². The van der Waals surface area contributed by atoms with Gasteiger partial charge in [-0.15, -0.1) is 0 Å². The molecule has 1 amide bonds. The lowest BCUT2D eigenvalue weighted by Crippen LogP contribution is -2.53. The first-order valence-electron chi connectivity index (χ1n) is 6.35. The minimum absolute atomic E-state index is 0.0589. The van der Waals surface area contributed by atoms with Crippen LogP contribution in [0.2, 0.25) is 0 Å². The van der Waals surface area contributed by atoms with Gasteiger partial charge in [0.25, 0.3) is 0 Å². The lowest BCUT2D eigenvalue weighted by atomic mass is 9.76. The molecule has 0 aromatic heterocycles. The Hall–Kier alpha value is -0.870. The number of carbonyl (C=O) groups excluding carboxylic acids is 1. The van der Waals surface area contributed by atoms with Crippen LogP contribution in [0.3, 0.4) is 0 Å². The summed E-state index contributed by atoms with van der Waals surface area (Å²) in [6.45, 7) is 2.16. The Kier molecular flexibility index (Phi) is 4.07. The summed E-state index contributed by atoms with van der Waals surface area (Å²) in [6.07, 6.45) is 3.75. The standard InChI is InChI=1S/C14H19BrN2O/c1-10-3-2-8-14(16,9-10)13(18)17-12-6-4-11(15)5-7-12/h4-7,10H,2-3,8-9,16H2,1H3,(H,17,18). The topological polar surface area (TPSA) is 55.1 Å². The number of carbonyl (C=O) groups is 1. The van der Waals surface area contributed by atoms with Crippen molar-refractivity contribution < 1.29 is 4.79 Å². The fourth-order valence-electron chi connectivity index (χ4n) is 2.59. The number of nitrogens with two attached hydrogens (primary N) is 1. The Morgan fingerprint density at radius 2 is 2.11 bits per heavy atom. The molecule has 2 rings (SSSR count). The summed E-state index contributed by atoms with van der Waals surface area (Å²) in [6, 6.07) is 7.56. The Balaban J connectivity index is 2.04. The summed E-state index contributed by atoms with van der Waals surface area (Å²) in [5.74, 6) is 0.468. The van der Waals surface area contributed by atoms with Crippen LogP contribution in [0, 0.1) is 5.92 Å². The lowest BCUT2D eigenvalue weighted by molar-refractivity contribution is -0.122. The Labute approximate surface area is 116 Å². The zero-order chi connectivity index (χ0) is 13.2. The molecule has 1 saturated carbocycles. The van der Waals surface area contributed by atoms with Gasteiger partial charge in [0.15, 0.2) is 0 Å². The highest BCUT2D eigenvalue weighted by Crippen LogP contribution is 2.31. The maximum Gasteiger partial charge on any atom is 0.244 e. The van der Waals surface area contributed by atoms with E-state index in [1.54, 1.807) is 0 Å². The average Bonchev–Trinajstić information content (AvgIpc) is 2.32. The molecule has 1 aliphatic carbocycles. The van der Waals surface area contributed by atoms with Crippen LogP contribution < -0.4 is 11.1 Å². The van der Waals surface area contributed by atoms with E-state index in [4.69, 9.17) is 5.73 Å². The van der Waals surface area contributed by atoms with Crippen molar-refractivity contribution in [2.24, 2.45) is 11.7 Å².